The number of halogens is 1. The van der Waals surface area contributed by atoms with Gasteiger partial charge in [0, 0.05) is 5.88 Å². The SMILES string of the molecule is CCCc1nnsc1C(=O)NC(CCl)c1ccccc1. The van der Waals surface area contributed by atoms with Gasteiger partial charge in [-0.2, -0.15) is 0 Å². The number of aromatic nitrogens is 2. The average Bonchev–Trinajstić information content (AvgIpc) is 2.94. The van der Waals surface area contributed by atoms with Gasteiger partial charge >= 0.3 is 0 Å². The van der Waals surface area contributed by atoms with E-state index in [1.54, 1.807) is 0 Å². The van der Waals surface area contributed by atoms with Crippen LogP contribution in [0.3, 0.4) is 0 Å². The number of aryl methyl sites for hydroxylation is 1. The number of benzene rings is 1. The van der Waals surface area contributed by atoms with Gasteiger partial charge in [-0.1, -0.05) is 48.2 Å². The van der Waals surface area contributed by atoms with Gasteiger partial charge in [0.05, 0.1) is 11.7 Å². The maximum atomic E-state index is 12.3. The highest BCUT2D eigenvalue weighted by Gasteiger charge is 2.19. The van der Waals surface area contributed by atoms with Crippen molar-refractivity contribution in [3.05, 3.63) is 46.5 Å². The Hall–Kier alpha value is -1.46. The molecule has 1 atom stereocenters. The van der Waals surface area contributed by atoms with E-state index >= 15 is 0 Å². The summed E-state index contributed by atoms with van der Waals surface area (Å²) in [7, 11) is 0. The number of nitrogens with zero attached hydrogens (tertiary/aromatic N) is 2. The number of carbonyl (C=O) groups is 1. The Kier molecular flexibility index (Phi) is 5.49. The van der Waals surface area contributed by atoms with Gasteiger partial charge in [0.25, 0.3) is 5.91 Å². The van der Waals surface area contributed by atoms with Crippen molar-refractivity contribution >= 4 is 29.0 Å². The average molecular weight is 310 g/mol. The molecule has 0 bridgehead atoms. The molecule has 1 unspecified atom stereocenters. The van der Waals surface area contributed by atoms with Crippen molar-refractivity contribution in [1.82, 2.24) is 14.9 Å². The number of amides is 1. The summed E-state index contributed by atoms with van der Waals surface area (Å²) in [4.78, 5) is 12.9. The zero-order valence-electron chi connectivity index (χ0n) is 11.2. The van der Waals surface area contributed by atoms with E-state index in [0.29, 0.717) is 10.8 Å². The highest BCUT2D eigenvalue weighted by molar-refractivity contribution is 7.08. The van der Waals surface area contributed by atoms with Crippen molar-refractivity contribution in [3.8, 4) is 0 Å². The molecule has 1 N–H and O–H groups in total. The maximum Gasteiger partial charge on any atom is 0.265 e. The van der Waals surface area contributed by atoms with Crippen LogP contribution in [0.25, 0.3) is 0 Å². The second-order valence-electron chi connectivity index (χ2n) is 4.39. The summed E-state index contributed by atoms with van der Waals surface area (Å²) >= 11 is 7.09. The predicted octanol–water partition coefficient (Wildman–Crippen LogP) is 3.20. The lowest BCUT2D eigenvalue weighted by atomic mass is 10.1. The highest BCUT2D eigenvalue weighted by Crippen LogP contribution is 2.18. The summed E-state index contributed by atoms with van der Waals surface area (Å²) in [6, 6.07) is 9.48. The Morgan fingerprint density at radius 1 is 1.40 bits per heavy atom. The van der Waals surface area contributed by atoms with E-state index in [-0.39, 0.29) is 11.9 Å². The number of carbonyl (C=O) groups excluding carboxylic acids is 1. The number of alkyl halides is 1. The first-order valence-electron chi connectivity index (χ1n) is 6.49. The van der Waals surface area contributed by atoms with E-state index in [9.17, 15) is 4.79 Å². The largest absolute Gasteiger partial charge is 0.343 e. The molecular formula is C14H16ClN3OS. The molecule has 106 valence electrons. The third-order valence-electron chi connectivity index (χ3n) is 2.91. The van der Waals surface area contributed by atoms with Crippen LogP contribution >= 0.6 is 23.1 Å². The molecule has 0 radical (unpaired) electrons. The molecule has 1 aromatic heterocycles. The van der Waals surface area contributed by atoms with Crippen molar-refractivity contribution in [2.45, 2.75) is 25.8 Å². The van der Waals surface area contributed by atoms with Crippen LogP contribution in [0.1, 0.15) is 40.3 Å². The lowest BCUT2D eigenvalue weighted by Crippen LogP contribution is -2.29. The van der Waals surface area contributed by atoms with Crippen LogP contribution in [0.15, 0.2) is 30.3 Å². The smallest absolute Gasteiger partial charge is 0.265 e. The fourth-order valence-corrected chi connectivity index (χ4v) is 2.77. The van der Waals surface area contributed by atoms with Gasteiger partial charge in [-0.05, 0) is 23.5 Å². The molecule has 0 aliphatic carbocycles. The van der Waals surface area contributed by atoms with Crippen molar-refractivity contribution in [2.75, 3.05) is 5.88 Å². The minimum absolute atomic E-state index is 0.155. The molecule has 20 heavy (non-hydrogen) atoms. The van der Waals surface area contributed by atoms with E-state index in [0.717, 1.165) is 35.6 Å². The molecule has 0 saturated carbocycles. The third kappa shape index (κ3) is 3.55. The Labute approximate surface area is 127 Å². The normalized spacial score (nSPS) is 12.1. The summed E-state index contributed by atoms with van der Waals surface area (Å²) in [6.07, 6.45) is 1.69. The topological polar surface area (TPSA) is 54.9 Å². The third-order valence-corrected chi connectivity index (χ3v) is 3.99. The van der Waals surface area contributed by atoms with Crippen molar-refractivity contribution in [2.24, 2.45) is 0 Å². The molecule has 1 aromatic carbocycles. The van der Waals surface area contributed by atoms with Crippen LogP contribution in [0.2, 0.25) is 0 Å². The fourth-order valence-electron chi connectivity index (χ4n) is 1.90. The van der Waals surface area contributed by atoms with Gasteiger partial charge in [-0.25, -0.2) is 0 Å². The first-order chi connectivity index (χ1) is 9.76. The maximum absolute atomic E-state index is 12.3. The van der Waals surface area contributed by atoms with Gasteiger partial charge < -0.3 is 5.32 Å². The lowest BCUT2D eigenvalue weighted by Gasteiger charge is -2.16. The number of nitrogens with one attached hydrogen (secondary N) is 1. The number of hydrogen-bond acceptors (Lipinski definition) is 4. The minimum atomic E-state index is -0.207. The van der Waals surface area contributed by atoms with E-state index < -0.39 is 0 Å². The zero-order chi connectivity index (χ0) is 14.4. The lowest BCUT2D eigenvalue weighted by molar-refractivity contribution is 0.0943. The Bertz CT molecular complexity index is 559. The molecular weight excluding hydrogens is 294 g/mol. The standard InChI is InChI=1S/C14H16ClN3OS/c1-2-6-11-13(20-18-17-11)14(19)16-12(9-15)10-7-4-3-5-8-10/h3-5,7-8,12H,2,6,9H2,1H3,(H,16,19). The van der Waals surface area contributed by atoms with Crippen molar-refractivity contribution in [1.29, 1.82) is 0 Å². The van der Waals surface area contributed by atoms with Crippen LogP contribution in [0, 0.1) is 0 Å². The first-order valence-corrected chi connectivity index (χ1v) is 7.80. The van der Waals surface area contributed by atoms with Crippen LogP contribution in [0.5, 0.6) is 0 Å². The monoisotopic (exact) mass is 309 g/mol. The van der Waals surface area contributed by atoms with Crippen molar-refractivity contribution in [3.63, 3.8) is 0 Å². The molecule has 0 aliphatic heterocycles. The van der Waals surface area contributed by atoms with Crippen LogP contribution < -0.4 is 5.32 Å². The summed E-state index contributed by atoms with van der Waals surface area (Å²) in [6.45, 7) is 2.05. The summed E-state index contributed by atoms with van der Waals surface area (Å²) in [5.41, 5.74) is 1.75. The quantitative estimate of drug-likeness (QED) is 0.834. The fraction of sp³-hybridized carbons (Fsp3) is 0.357. The number of hydrogen-bond donors (Lipinski definition) is 1. The second kappa shape index (κ2) is 7.36. The van der Waals surface area contributed by atoms with E-state index in [2.05, 4.69) is 14.9 Å². The Morgan fingerprint density at radius 3 is 2.80 bits per heavy atom. The summed E-state index contributed by atoms with van der Waals surface area (Å²) < 4.78 is 3.87. The molecule has 0 fully saturated rings. The minimum Gasteiger partial charge on any atom is -0.343 e. The molecule has 0 aliphatic rings. The van der Waals surface area contributed by atoms with Crippen LogP contribution in [-0.2, 0) is 6.42 Å². The van der Waals surface area contributed by atoms with E-state index in [1.165, 1.54) is 0 Å². The molecule has 0 spiro atoms. The molecule has 6 heteroatoms. The molecule has 4 nitrogen and oxygen atoms in total. The second-order valence-corrected chi connectivity index (χ2v) is 5.45. The van der Waals surface area contributed by atoms with Gasteiger partial charge in [0.1, 0.15) is 4.88 Å². The molecule has 2 rings (SSSR count). The van der Waals surface area contributed by atoms with Crippen LogP contribution in [-0.4, -0.2) is 21.4 Å². The Morgan fingerprint density at radius 2 is 2.15 bits per heavy atom. The molecule has 2 aromatic rings. The van der Waals surface area contributed by atoms with E-state index in [4.69, 9.17) is 11.6 Å². The first kappa shape index (κ1) is 14.9. The van der Waals surface area contributed by atoms with Gasteiger partial charge in [-0.3, -0.25) is 4.79 Å². The highest BCUT2D eigenvalue weighted by atomic mass is 35.5. The Balaban J connectivity index is 2.11. The molecule has 1 heterocycles. The molecule has 1 amide bonds. The predicted molar refractivity (Wildman–Crippen MR) is 81.3 cm³/mol. The summed E-state index contributed by atoms with van der Waals surface area (Å²) in [5.74, 6) is 0.170. The number of rotatable bonds is 6. The van der Waals surface area contributed by atoms with Gasteiger partial charge in [-0.15, -0.1) is 16.7 Å². The molecule has 0 saturated heterocycles. The zero-order valence-corrected chi connectivity index (χ0v) is 12.7. The van der Waals surface area contributed by atoms with E-state index in [1.807, 2.05) is 37.3 Å². The van der Waals surface area contributed by atoms with Gasteiger partial charge in [0.15, 0.2) is 0 Å². The van der Waals surface area contributed by atoms with Crippen molar-refractivity contribution < 1.29 is 4.79 Å². The van der Waals surface area contributed by atoms with Gasteiger partial charge in [0.2, 0.25) is 0 Å². The summed E-state index contributed by atoms with van der Waals surface area (Å²) in [5, 5.41) is 6.95. The van der Waals surface area contributed by atoms with Crippen LogP contribution in [0.4, 0.5) is 0 Å².